The Bertz CT molecular complexity index is 470. The van der Waals surface area contributed by atoms with Gasteiger partial charge in [0, 0.05) is 18.8 Å². The van der Waals surface area contributed by atoms with Crippen LogP contribution in [0.2, 0.25) is 0 Å². The fourth-order valence-corrected chi connectivity index (χ4v) is 2.01. The monoisotopic (exact) mass is 246 g/mol. The number of likely N-dealkylation sites (tertiary alicyclic amines) is 1. The van der Waals surface area contributed by atoms with E-state index >= 15 is 0 Å². The van der Waals surface area contributed by atoms with E-state index in [4.69, 9.17) is 5.11 Å². The first kappa shape index (κ1) is 12.3. The first-order valence-corrected chi connectivity index (χ1v) is 5.81. The van der Waals surface area contributed by atoms with Crippen LogP contribution in [0.25, 0.3) is 6.08 Å². The van der Waals surface area contributed by atoms with Gasteiger partial charge in [0.25, 0.3) is 0 Å². The van der Waals surface area contributed by atoms with E-state index in [0.717, 1.165) is 6.42 Å². The van der Waals surface area contributed by atoms with E-state index < -0.39 is 12.0 Å². The molecule has 1 aromatic heterocycles. The maximum absolute atomic E-state index is 11.9. The molecule has 0 aliphatic carbocycles. The lowest BCUT2D eigenvalue weighted by molar-refractivity contribution is -0.146. The summed E-state index contributed by atoms with van der Waals surface area (Å²) >= 11 is 0. The number of nitrogens with zero attached hydrogens (tertiary/aromatic N) is 2. The van der Waals surface area contributed by atoms with Crippen LogP contribution in [0.1, 0.15) is 18.5 Å². The second-order valence-corrected chi connectivity index (χ2v) is 4.12. The van der Waals surface area contributed by atoms with E-state index in [1.165, 1.54) is 11.0 Å². The Hall–Kier alpha value is -2.17. The fourth-order valence-electron chi connectivity index (χ4n) is 2.01. The summed E-state index contributed by atoms with van der Waals surface area (Å²) in [5, 5.41) is 8.99. The van der Waals surface area contributed by atoms with Crippen molar-refractivity contribution in [2.24, 2.45) is 0 Å². The number of hydrogen-bond acceptors (Lipinski definition) is 3. The van der Waals surface area contributed by atoms with E-state index in [2.05, 4.69) is 4.98 Å². The highest BCUT2D eigenvalue weighted by Crippen LogP contribution is 2.17. The van der Waals surface area contributed by atoms with Crippen molar-refractivity contribution >= 4 is 18.0 Å². The number of amides is 1. The maximum Gasteiger partial charge on any atom is 0.326 e. The molecule has 5 heteroatoms. The molecular formula is C13H14N2O3. The lowest BCUT2D eigenvalue weighted by Crippen LogP contribution is -2.39. The van der Waals surface area contributed by atoms with Crippen LogP contribution in [-0.2, 0) is 9.59 Å². The molecule has 1 aromatic rings. The fraction of sp³-hybridized carbons (Fsp3) is 0.308. The van der Waals surface area contributed by atoms with Gasteiger partial charge in [-0.05, 0) is 31.1 Å². The summed E-state index contributed by atoms with van der Waals surface area (Å²) in [6, 6.07) is 4.71. The Morgan fingerprint density at radius 3 is 2.94 bits per heavy atom. The summed E-state index contributed by atoms with van der Waals surface area (Å²) in [5.74, 6) is -1.21. The molecule has 0 saturated carbocycles. The molecule has 1 fully saturated rings. The van der Waals surface area contributed by atoms with Gasteiger partial charge in [-0.3, -0.25) is 9.78 Å². The number of aromatic nitrogens is 1. The number of pyridine rings is 1. The maximum atomic E-state index is 11.9. The number of carbonyl (C=O) groups excluding carboxylic acids is 1. The van der Waals surface area contributed by atoms with Gasteiger partial charge in [-0.1, -0.05) is 6.07 Å². The highest BCUT2D eigenvalue weighted by Gasteiger charge is 2.32. The van der Waals surface area contributed by atoms with Crippen LogP contribution < -0.4 is 0 Å². The molecule has 1 atom stereocenters. The molecule has 0 spiro atoms. The molecule has 5 nitrogen and oxygen atoms in total. The smallest absolute Gasteiger partial charge is 0.326 e. The van der Waals surface area contributed by atoms with Crippen molar-refractivity contribution in [2.75, 3.05) is 6.54 Å². The molecule has 0 bridgehead atoms. The SMILES string of the molecule is O=C(O)[C@H]1CCCN1C(=O)/C=C/c1ccccn1. The molecule has 2 heterocycles. The average Bonchev–Trinajstić information content (AvgIpc) is 2.86. The minimum absolute atomic E-state index is 0.273. The van der Waals surface area contributed by atoms with Gasteiger partial charge in [0.1, 0.15) is 6.04 Å². The molecule has 1 amide bonds. The van der Waals surface area contributed by atoms with Gasteiger partial charge in [-0.25, -0.2) is 4.79 Å². The van der Waals surface area contributed by atoms with Crippen molar-refractivity contribution in [3.63, 3.8) is 0 Å². The van der Waals surface area contributed by atoms with Crippen molar-refractivity contribution < 1.29 is 14.7 Å². The van der Waals surface area contributed by atoms with Crippen molar-refractivity contribution in [3.05, 3.63) is 36.2 Å². The number of carbonyl (C=O) groups is 2. The molecule has 0 aromatic carbocycles. The third-order valence-electron chi connectivity index (χ3n) is 2.91. The third kappa shape index (κ3) is 2.74. The van der Waals surface area contributed by atoms with Crippen LogP contribution in [0, 0.1) is 0 Å². The highest BCUT2D eigenvalue weighted by molar-refractivity contribution is 5.94. The molecule has 0 unspecified atom stereocenters. The Balaban J connectivity index is 2.04. The summed E-state index contributed by atoms with van der Waals surface area (Å²) in [6.07, 6.45) is 5.88. The zero-order chi connectivity index (χ0) is 13.0. The van der Waals surface area contributed by atoms with Gasteiger partial charge < -0.3 is 10.0 Å². The number of carboxylic acid groups (broad SMARTS) is 1. The van der Waals surface area contributed by atoms with Crippen LogP contribution in [0.15, 0.2) is 30.5 Å². The topological polar surface area (TPSA) is 70.5 Å². The van der Waals surface area contributed by atoms with Gasteiger partial charge >= 0.3 is 5.97 Å². The predicted octanol–water partition coefficient (Wildman–Crippen LogP) is 1.17. The van der Waals surface area contributed by atoms with Crippen LogP contribution in [0.4, 0.5) is 0 Å². The summed E-state index contributed by atoms with van der Waals surface area (Å²) in [5.41, 5.74) is 0.678. The summed E-state index contributed by atoms with van der Waals surface area (Å²) in [7, 11) is 0. The van der Waals surface area contributed by atoms with Crippen LogP contribution in [0.5, 0.6) is 0 Å². The quantitative estimate of drug-likeness (QED) is 0.813. The van der Waals surface area contributed by atoms with Gasteiger partial charge in [0.2, 0.25) is 5.91 Å². The van der Waals surface area contributed by atoms with E-state index in [-0.39, 0.29) is 5.91 Å². The van der Waals surface area contributed by atoms with Crippen LogP contribution in [-0.4, -0.2) is 39.5 Å². The van der Waals surface area contributed by atoms with Gasteiger partial charge in [-0.15, -0.1) is 0 Å². The molecular weight excluding hydrogens is 232 g/mol. The Kier molecular flexibility index (Phi) is 3.72. The predicted molar refractivity (Wildman–Crippen MR) is 65.6 cm³/mol. The van der Waals surface area contributed by atoms with Crippen molar-refractivity contribution in [2.45, 2.75) is 18.9 Å². The lowest BCUT2D eigenvalue weighted by Gasteiger charge is -2.19. The summed E-state index contributed by atoms with van der Waals surface area (Å²) < 4.78 is 0. The Morgan fingerprint density at radius 1 is 1.44 bits per heavy atom. The van der Waals surface area contributed by atoms with Gasteiger partial charge in [0.15, 0.2) is 0 Å². The summed E-state index contributed by atoms with van der Waals surface area (Å²) in [6.45, 7) is 0.502. The molecule has 2 rings (SSSR count). The lowest BCUT2D eigenvalue weighted by atomic mass is 10.2. The van der Waals surface area contributed by atoms with Crippen molar-refractivity contribution in [3.8, 4) is 0 Å². The van der Waals surface area contributed by atoms with E-state index in [9.17, 15) is 9.59 Å². The minimum atomic E-state index is -0.938. The van der Waals surface area contributed by atoms with E-state index in [1.54, 1.807) is 24.4 Å². The third-order valence-corrected chi connectivity index (χ3v) is 2.91. The molecule has 1 aliphatic rings. The average molecular weight is 246 g/mol. The first-order chi connectivity index (χ1) is 8.68. The minimum Gasteiger partial charge on any atom is -0.480 e. The highest BCUT2D eigenvalue weighted by atomic mass is 16.4. The number of aliphatic carboxylic acids is 1. The van der Waals surface area contributed by atoms with Gasteiger partial charge in [0.05, 0.1) is 5.69 Å². The van der Waals surface area contributed by atoms with Crippen LogP contribution in [0.3, 0.4) is 0 Å². The molecule has 1 saturated heterocycles. The molecule has 1 aliphatic heterocycles. The zero-order valence-corrected chi connectivity index (χ0v) is 9.82. The number of hydrogen-bond donors (Lipinski definition) is 1. The van der Waals surface area contributed by atoms with E-state index in [1.807, 2.05) is 6.07 Å². The van der Waals surface area contributed by atoms with Crippen molar-refractivity contribution in [1.82, 2.24) is 9.88 Å². The first-order valence-electron chi connectivity index (χ1n) is 5.81. The number of carboxylic acids is 1. The van der Waals surface area contributed by atoms with Crippen LogP contribution >= 0.6 is 0 Å². The molecule has 94 valence electrons. The largest absolute Gasteiger partial charge is 0.480 e. The Morgan fingerprint density at radius 2 is 2.28 bits per heavy atom. The Labute approximate surface area is 105 Å². The second kappa shape index (κ2) is 5.44. The standard InChI is InChI=1S/C13H14N2O3/c16-12(7-6-10-4-1-2-8-14-10)15-9-3-5-11(15)13(17)18/h1-2,4,6-8,11H,3,5,9H2,(H,17,18)/b7-6+/t11-/m1/s1. The van der Waals surface area contributed by atoms with E-state index in [0.29, 0.717) is 18.7 Å². The summed E-state index contributed by atoms with van der Waals surface area (Å²) in [4.78, 5) is 28.3. The molecule has 1 N–H and O–H groups in total. The number of rotatable bonds is 3. The second-order valence-electron chi connectivity index (χ2n) is 4.12. The van der Waals surface area contributed by atoms with Crippen molar-refractivity contribution in [1.29, 1.82) is 0 Å². The normalized spacial score (nSPS) is 19.3. The molecule has 18 heavy (non-hydrogen) atoms. The zero-order valence-electron chi connectivity index (χ0n) is 9.82. The molecule has 0 radical (unpaired) electrons. The van der Waals surface area contributed by atoms with Gasteiger partial charge in [-0.2, -0.15) is 0 Å².